The summed E-state index contributed by atoms with van der Waals surface area (Å²) in [6.45, 7) is 5.80. The summed E-state index contributed by atoms with van der Waals surface area (Å²) in [4.78, 5) is 27.7. The summed E-state index contributed by atoms with van der Waals surface area (Å²) in [6, 6.07) is 7.20. The van der Waals surface area contributed by atoms with E-state index in [-0.39, 0.29) is 11.7 Å². The van der Waals surface area contributed by atoms with Gasteiger partial charge in [-0.05, 0) is 32.4 Å². The van der Waals surface area contributed by atoms with E-state index < -0.39 is 0 Å². The van der Waals surface area contributed by atoms with Crippen LogP contribution in [0.3, 0.4) is 0 Å². The Morgan fingerprint density at radius 2 is 1.89 bits per heavy atom. The van der Waals surface area contributed by atoms with Gasteiger partial charge in [-0.2, -0.15) is 0 Å². The topological polar surface area (TPSA) is 59.1 Å². The lowest BCUT2D eigenvalue weighted by atomic mass is 10.0. The fourth-order valence-electron chi connectivity index (χ4n) is 2.09. The number of hydrogen-bond acceptors (Lipinski definition) is 3. The molecule has 1 amide bonds. The Hall–Kier alpha value is -2.23. The molecule has 2 rings (SSSR count). The Kier molecular flexibility index (Phi) is 3.60. The predicted molar refractivity (Wildman–Crippen MR) is 74.5 cm³/mol. The molecular weight excluding hydrogens is 240 g/mol. The molecule has 0 radical (unpaired) electrons. The van der Waals surface area contributed by atoms with E-state index in [1.807, 2.05) is 26.0 Å². The molecule has 0 aliphatic carbocycles. The first-order valence-corrected chi connectivity index (χ1v) is 6.24. The van der Waals surface area contributed by atoms with Gasteiger partial charge >= 0.3 is 0 Å². The van der Waals surface area contributed by atoms with Crippen molar-refractivity contribution in [1.29, 1.82) is 0 Å². The van der Waals surface area contributed by atoms with Crippen molar-refractivity contribution in [2.75, 3.05) is 6.54 Å². The molecule has 4 heteroatoms. The number of amides is 1. The van der Waals surface area contributed by atoms with Gasteiger partial charge in [0.15, 0.2) is 5.78 Å². The minimum Gasteiger partial charge on any atom is -0.351 e. The third-order valence-electron chi connectivity index (χ3n) is 3.06. The van der Waals surface area contributed by atoms with Crippen molar-refractivity contribution in [1.82, 2.24) is 10.3 Å². The van der Waals surface area contributed by atoms with Gasteiger partial charge in [-0.1, -0.05) is 18.2 Å². The van der Waals surface area contributed by atoms with Crippen LogP contribution < -0.4 is 5.32 Å². The quantitative estimate of drug-likeness (QED) is 0.858. The molecule has 19 heavy (non-hydrogen) atoms. The lowest BCUT2D eigenvalue weighted by Gasteiger charge is -2.08. The van der Waals surface area contributed by atoms with Gasteiger partial charge in [0.2, 0.25) is 0 Å². The molecule has 0 spiro atoms. The molecule has 0 atom stereocenters. The number of ketones is 1. The van der Waals surface area contributed by atoms with Gasteiger partial charge in [0.05, 0.1) is 5.52 Å². The minimum absolute atomic E-state index is 0.00427. The number of pyridine rings is 1. The number of Topliss-reactive ketones (excluding diaryl/α,β-unsaturated/α-hetero) is 1. The highest BCUT2D eigenvalue weighted by molar-refractivity contribution is 6.01. The maximum Gasteiger partial charge on any atom is 0.269 e. The third kappa shape index (κ3) is 2.47. The summed E-state index contributed by atoms with van der Waals surface area (Å²) in [6.07, 6.45) is 0. The maximum atomic E-state index is 11.8. The zero-order valence-corrected chi connectivity index (χ0v) is 11.3. The van der Waals surface area contributed by atoms with Gasteiger partial charge in [-0.15, -0.1) is 0 Å². The van der Waals surface area contributed by atoms with Gasteiger partial charge in [-0.25, -0.2) is 4.98 Å². The van der Waals surface area contributed by atoms with Gasteiger partial charge in [0.1, 0.15) is 5.69 Å². The highest BCUT2D eigenvalue weighted by atomic mass is 16.1. The van der Waals surface area contributed by atoms with Gasteiger partial charge in [0.25, 0.3) is 5.91 Å². The monoisotopic (exact) mass is 256 g/mol. The lowest BCUT2D eigenvalue weighted by molar-refractivity contribution is 0.0950. The summed E-state index contributed by atoms with van der Waals surface area (Å²) >= 11 is 0. The highest BCUT2D eigenvalue weighted by Gasteiger charge is 2.11. The molecule has 0 aliphatic rings. The zero-order valence-electron chi connectivity index (χ0n) is 11.3. The largest absolute Gasteiger partial charge is 0.351 e. The Bertz CT molecular complexity index is 662. The van der Waals surface area contributed by atoms with Crippen molar-refractivity contribution < 1.29 is 9.59 Å². The number of rotatable bonds is 3. The van der Waals surface area contributed by atoms with Crippen LogP contribution in [0.15, 0.2) is 24.3 Å². The summed E-state index contributed by atoms with van der Waals surface area (Å²) in [5.41, 5.74) is 2.54. The first kappa shape index (κ1) is 13.2. The number of carbonyl (C=O) groups is 2. The fourth-order valence-corrected chi connectivity index (χ4v) is 2.09. The summed E-state index contributed by atoms with van der Waals surface area (Å²) in [7, 11) is 0. The van der Waals surface area contributed by atoms with Crippen LogP contribution in [0.25, 0.3) is 10.9 Å². The Balaban J connectivity index is 2.60. The molecule has 0 unspecified atom stereocenters. The van der Waals surface area contributed by atoms with Gasteiger partial charge in [0, 0.05) is 17.5 Å². The normalized spacial score (nSPS) is 10.5. The molecule has 0 fully saturated rings. The van der Waals surface area contributed by atoms with Crippen LogP contribution in [-0.2, 0) is 0 Å². The Morgan fingerprint density at radius 3 is 2.53 bits per heavy atom. The second-order valence-electron chi connectivity index (χ2n) is 4.42. The Labute approximate surface area is 111 Å². The van der Waals surface area contributed by atoms with Crippen molar-refractivity contribution in [3.05, 3.63) is 41.1 Å². The van der Waals surface area contributed by atoms with Crippen LogP contribution in [0.4, 0.5) is 0 Å². The van der Waals surface area contributed by atoms with E-state index in [9.17, 15) is 9.59 Å². The van der Waals surface area contributed by atoms with Crippen molar-refractivity contribution >= 4 is 22.6 Å². The molecule has 1 aromatic carbocycles. The molecule has 0 saturated carbocycles. The first-order valence-electron chi connectivity index (χ1n) is 6.24. The molecule has 1 N–H and O–H groups in total. The number of benzene rings is 1. The van der Waals surface area contributed by atoms with Crippen LogP contribution in [0.5, 0.6) is 0 Å². The molecule has 98 valence electrons. The standard InChI is InChI=1S/C15H16N2O2/c1-4-16-15(19)13-8-6-11-5-7-12(10(3)18)9(2)14(11)17-13/h5-8H,4H2,1-3H3,(H,16,19). The molecular formula is C15H16N2O2. The summed E-state index contributed by atoms with van der Waals surface area (Å²) < 4.78 is 0. The molecule has 1 aromatic heterocycles. The SMILES string of the molecule is CCNC(=O)c1ccc2ccc(C(C)=O)c(C)c2n1. The second kappa shape index (κ2) is 5.18. The Morgan fingerprint density at radius 1 is 1.21 bits per heavy atom. The molecule has 1 heterocycles. The molecule has 0 saturated heterocycles. The van der Waals surface area contributed by atoms with Crippen molar-refractivity contribution in [2.24, 2.45) is 0 Å². The van der Waals surface area contributed by atoms with Gasteiger partial charge < -0.3 is 5.32 Å². The highest BCUT2D eigenvalue weighted by Crippen LogP contribution is 2.21. The first-order chi connectivity index (χ1) is 9.04. The van der Waals surface area contributed by atoms with Crippen LogP contribution in [-0.4, -0.2) is 23.2 Å². The van der Waals surface area contributed by atoms with Crippen LogP contribution >= 0.6 is 0 Å². The average molecular weight is 256 g/mol. The van der Waals surface area contributed by atoms with E-state index in [1.165, 1.54) is 6.92 Å². The number of nitrogens with one attached hydrogen (secondary N) is 1. The molecule has 4 nitrogen and oxygen atoms in total. The summed E-state index contributed by atoms with van der Waals surface area (Å²) in [5.74, 6) is -0.193. The predicted octanol–water partition coefficient (Wildman–Crippen LogP) is 2.50. The number of aromatic nitrogens is 1. The van der Waals surface area contributed by atoms with Crippen LogP contribution in [0.1, 0.15) is 40.3 Å². The number of hydrogen-bond donors (Lipinski definition) is 1. The van der Waals surface area contributed by atoms with E-state index in [1.54, 1.807) is 12.1 Å². The van der Waals surface area contributed by atoms with Crippen LogP contribution in [0.2, 0.25) is 0 Å². The van der Waals surface area contributed by atoms with Crippen molar-refractivity contribution in [3.63, 3.8) is 0 Å². The number of aryl methyl sites for hydroxylation is 1. The lowest BCUT2D eigenvalue weighted by Crippen LogP contribution is -2.23. The minimum atomic E-state index is -0.197. The smallest absolute Gasteiger partial charge is 0.269 e. The van der Waals surface area contributed by atoms with Crippen molar-refractivity contribution in [2.45, 2.75) is 20.8 Å². The number of nitrogens with zero attached hydrogens (tertiary/aromatic N) is 1. The number of carbonyl (C=O) groups excluding carboxylic acids is 2. The van der Waals surface area contributed by atoms with Crippen LogP contribution in [0, 0.1) is 6.92 Å². The zero-order chi connectivity index (χ0) is 14.0. The number of fused-ring (bicyclic) bond motifs is 1. The fraction of sp³-hybridized carbons (Fsp3) is 0.267. The van der Waals surface area contributed by atoms with E-state index >= 15 is 0 Å². The van der Waals surface area contributed by atoms with E-state index in [0.29, 0.717) is 23.3 Å². The molecule has 0 aliphatic heterocycles. The maximum absolute atomic E-state index is 11.8. The van der Waals surface area contributed by atoms with E-state index in [2.05, 4.69) is 10.3 Å². The third-order valence-corrected chi connectivity index (χ3v) is 3.06. The molecule has 2 aromatic rings. The van der Waals surface area contributed by atoms with Crippen molar-refractivity contribution in [3.8, 4) is 0 Å². The van der Waals surface area contributed by atoms with E-state index in [0.717, 1.165) is 10.9 Å². The average Bonchev–Trinajstić information content (AvgIpc) is 2.38. The van der Waals surface area contributed by atoms with E-state index in [4.69, 9.17) is 0 Å². The molecule has 0 bridgehead atoms. The second-order valence-corrected chi connectivity index (χ2v) is 4.42. The van der Waals surface area contributed by atoms with Gasteiger partial charge in [-0.3, -0.25) is 9.59 Å². The summed E-state index contributed by atoms with van der Waals surface area (Å²) in [5, 5.41) is 3.64.